The van der Waals surface area contributed by atoms with Crippen molar-refractivity contribution in [3.8, 4) is 5.75 Å². The maximum atomic E-state index is 12.7. The third-order valence-corrected chi connectivity index (χ3v) is 7.03. The number of hydrogen-bond donors (Lipinski definition) is 0. The molecule has 30 heavy (non-hydrogen) atoms. The molecule has 0 N–H and O–H groups in total. The van der Waals surface area contributed by atoms with Crippen molar-refractivity contribution in [2.24, 2.45) is 0 Å². The third-order valence-electron chi connectivity index (χ3n) is 4.86. The van der Waals surface area contributed by atoms with Crippen LogP contribution in [-0.4, -0.2) is 39.0 Å². The standard InChI is InChI=1S/C21H24Br2N2O4S/c1-2-3-4-5-10-24-11-12-25(21(24)26)18-6-8-20(9-7-18)30(27,28)29-19-14-16(22)13-17(23)15-19/h6-9,13-15H,2-5,10-12H2,1H3. The summed E-state index contributed by atoms with van der Waals surface area (Å²) in [5.41, 5.74) is 0.681. The smallest absolute Gasteiger partial charge is 0.339 e. The van der Waals surface area contributed by atoms with Crippen molar-refractivity contribution in [1.29, 1.82) is 0 Å². The highest BCUT2D eigenvalue weighted by atomic mass is 79.9. The lowest BCUT2D eigenvalue weighted by Gasteiger charge is -2.19. The van der Waals surface area contributed by atoms with Crippen molar-refractivity contribution >= 4 is 53.7 Å². The van der Waals surface area contributed by atoms with Gasteiger partial charge in [0.2, 0.25) is 0 Å². The molecule has 9 heteroatoms. The second kappa shape index (κ2) is 10.2. The first-order valence-electron chi connectivity index (χ1n) is 9.87. The van der Waals surface area contributed by atoms with E-state index in [1.54, 1.807) is 35.2 Å². The molecule has 2 aromatic carbocycles. The Morgan fingerprint density at radius 2 is 1.63 bits per heavy atom. The van der Waals surface area contributed by atoms with Gasteiger partial charge in [-0.2, -0.15) is 8.42 Å². The lowest BCUT2D eigenvalue weighted by Crippen LogP contribution is -2.32. The molecule has 0 aliphatic carbocycles. The molecular weight excluding hydrogens is 536 g/mol. The van der Waals surface area contributed by atoms with Crippen molar-refractivity contribution < 1.29 is 17.4 Å². The van der Waals surface area contributed by atoms with Crippen molar-refractivity contribution in [2.75, 3.05) is 24.5 Å². The minimum Gasteiger partial charge on any atom is -0.379 e. The minimum atomic E-state index is -3.98. The number of rotatable bonds is 9. The van der Waals surface area contributed by atoms with Crippen molar-refractivity contribution in [2.45, 2.75) is 37.5 Å². The van der Waals surface area contributed by atoms with Gasteiger partial charge >= 0.3 is 16.1 Å². The van der Waals surface area contributed by atoms with Crippen LogP contribution < -0.4 is 9.08 Å². The molecule has 1 heterocycles. The van der Waals surface area contributed by atoms with E-state index in [4.69, 9.17) is 4.18 Å². The van der Waals surface area contributed by atoms with Gasteiger partial charge in [0.1, 0.15) is 10.6 Å². The number of urea groups is 1. The molecule has 0 aromatic heterocycles. The normalized spacial score (nSPS) is 14.4. The molecule has 0 radical (unpaired) electrons. The molecule has 3 rings (SSSR count). The van der Waals surface area contributed by atoms with Crippen LogP contribution >= 0.6 is 31.9 Å². The summed E-state index contributed by atoms with van der Waals surface area (Å²) >= 11 is 6.62. The summed E-state index contributed by atoms with van der Waals surface area (Å²) in [4.78, 5) is 16.2. The predicted molar refractivity (Wildman–Crippen MR) is 125 cm³/mol. The average molecular weight is 560 g/mol. The minimum absolute atomic E-state index is 0.0302. The fourth-order valence-corrected chi connectivity index (χ4v) is 5.47. The number of unbranched alkanes of at least 4 members (excludes halogenated alkanes) is 3. The van der Waals surface area contributed by atoms with Crippen molar-refractivity contribution in [3.05, 3.63) is 51.4 Å². The molecule has 1 aliphatic rings. The van der Waals surface area contributed by atoms with E-state index in [-0.39, 0.29) is 16.7 Å². The van der Waals surface area contributed by atoms with Crippen molar-refractivity contribution in [1.82, 2.24) is 4.90 Å². The van der Waals surface area contributed by atoms with Crippen LogP contribution in [0.5, 0.6) is 5.75 Å². The molecule has 162 valence electrons. The number of benzene rings is 2. The van der Waals surface area contributed by atoms with Crippen LogP contribution in [0.1, 0.15) is 32.6 Å². The van der Waals surface area contributed by atoms with Gasteiger partial charge in [-0.05, 0) is 48.9 Å². The van der Waals surface area contributed by atoms with Crippen LogP contribution in [0.4, 0.5) is 10.5 Å². The van der Waals surface area contributed by atoms with E-state index in [2.05, 4.69) is 38.8 Å². The Kier molecular flexibility index (Phi) is 7.81. The fraction of sp³-hybridized carbons (Fsp3) is 0.381. The van der Waals surface area contributed by atoms with Gasteiger partial charge in [0, 0.05) is 34.3 Å². The summed E-state index contributed by atoms with van der Waals surface area (Å²) in [5.74, 6) is 0.203. The van der Waals surface area contributed by atoms with Gasteiger partial charge in [0.15, 0.2) is 0 Å². The van der Waals surface area contributed by atoms with E-state index in [9.17, 15) is 13.2 Å². The summed E-state index contributed by atoms with van der Waals surface area (Å²) in [6.07, 6.45) is 4.48. The van der Waals surface area contributed by atoms with Crippen LogP contribution in [0.2, 0.25) is 0 Å². The van der Waals surface area contributed by atoms with E-state index in [1.807, 2.05) is 4.90 Å². The fourth-order valence-electron chi connectivity index (χ4n) is 3.30. The van der Waals surface area contributed by atoms with Gasteiger partial charge in [0.05, 0.1) is 0 Å². The lowest BCUT2D eigenvalue weighted by atomic mass is 10.2. The zero-order valence-corrected chi connectivity index (χ0v) is 20.7. The highest BCUT2D eigenvalue weighted by Crippen LogP contribution is 2.28. The third kappa shape index (κ3) is 5.76. The number of nitrogens with zero attached hydrogens (tertiary/aromatic N) is 2. The number of carbonyl (C=O) groups excluding carboxylic acids is 1. The summed E-state index contributed by atoms with van der Waals surface area (Å²) in [7, 11) is -3.98. The molecule has 0 spiro atoms. The van der Waals surface area contributed by atoms with Crippen LogP contribution in [0.3, 0.4) is 0 Å². The van der Waals surface area contributed by atoms with Crippen LogP contribution in [0.15, 0.2) is 56.3 Å². The van der Waals surface area contributed by atoms with Crippen LogP contribution in [-0.2, 0) is 10.1 Å². The second-order valence-corrected chi connectivity index (χ2v) is 10.5. The zero-order chi connectivity index (χ0) is 21.7. The molecule has 1 aliphatic heterocycles. The molecule has 0 bridgehead atoms. The Morgan fingerprint density at radius 1 is 0.967 bits per heavy atom. The highest BCUT2D eigenvalue weighted by molar-refractivity contribution is 9.11. The Balaban J connectivity index is 1.66. The largest absolute Gasteiger partial charge is 0.379 e. The molecule has 2 amide bonds. The molecule has 1 saturated heterocycles. The zero-order valence-electron chi connectivity index (χ0n) is 16.7. The molecule has 2 aromatic rings. The lowest BCUT2D eigenvalue weighted by molar-refractivity contribution is 0.219. The molecular formula is C21H24Br2N2O4S. The summed E-state index contributed by atoms with van der Waals surface area (Å²) in [6, 6.07) is 11.1. The molecule has 1 fully saturated rings. The van der Waals surface area contributed by atoms with E-state index in [0.29, 0.717) is 27.7 Å². The topological polar surface area (TPSA) is 66.9 Å². The average Bonchev–Trinajstić information content (AvgIpc) is 3.04. The number of anilines is 1. The first kappa shape index (κ1) is 23.1. The Bertz CT molecular complexity index is 976. The monoisotopic (exact) mass is 558 g/mol. The van der Waals surface area contributed by atoms with Crippen LogP contribution in [0, 0.1) is 0 Å². The van der Waals surface area contributed by atoms with Crippen molar-refractivity contribution in [3.63, 3.8) is 0 Å². The maximum absolute atomic E-state index is 12.7. The molecule has 6 nitrogen and oxygen atoms in total. The van der Waals surface area contributed by atoms with Gasteiger partial charge in [-0.1, -0.05) is 58.0 Å². The number of amides is 2. The summed E-state index contributed by atoms with van der Waals surface area (Å²) < 4.78 is 31.8. The van der Waals surface area contributed by atoms with Gasteiger partial charge < -0.3 is 9.08 Å². The molecule has 0 unspecified atom stereocenters. The van der Waals surface area contributed by atoms with Gasteiger partial charge in [-0.25, -0.2) is 4.79 Å². The summed E-state index contributed by atoms with van der Waals surface area (Å²) in [6.45, 7) is 4.21. The Hall–Kier alpha value is -1.58. The Morgan fingerprint density at radius 3 is 2.27 bits per heavy atom. The SMILES string of the molecule is CCCCCCN1CCN(c2ccc(S(=O)(=O)Oc3cc(Br)cc(Br)c3)cc2)C1=O. The molecule has 0 atom stereocenters. The first-order chi connectivity index (χ1) is 14.3. The summed E-state index contributed by atoms with van der Waals surface area (Å²) in [5, 5.41) is 0. The number of carbonyl (C=O) groups is 1. The highest BCUT2D eigenvalue weighted by Gasteiger charge is 2.29. The molecule has 0 saturated carbocycles. The van der Waals surface area contributed by atoms with Gasteiger partial charge in [-0.15, -0.1) is 0 Å². The number of hydrogen-bond acceptors (Lipinski definition) is 4. The second-order valence-electron chi connectivity index (χ2n) is 7.12. The number of halogens is 2. The maximum Gasteiger partial charge on any atom is 0.339 e. The predicted octanol–water partition coefficient (Wildman–Crippen LogP) is 5.80. The van der Waals surface area contributed by atoms with E-state index >= 15 is 0 Å². The Labute approximate surface area is 194 Å². The quantitative estimate of drug-likeness (QED) is 0.287. The van der Waals surface area contributed by atoms with Gasteiger partial charge in [-0.3, -0.25) is 4.90 Å². The van der Waals surface area contributed by atoms with E-state index < -0.39 is 10.1 Å². The van der Waals surface area contributed by atoms with E-state index in [0.717, 1.165) is 25.8 Å². The first-order valence-corrected chi connectivity index (χ1v) is 12.9. The van der Waals surface area contributed by atoms with E-state index in [1.165, 1.54) is 18.6 Å². The van der Waals surface area contributed by atoms with Gasteiger partial charge in [0.25, 0.3) is 0 Å². The van der Waals surface area contributed by atoms with Crippen LogP contribution in [0.25, 0.3) is 0 Å².